The molecule has 0 aromatic carbocycles. The third-order valence-electron chi connectivity index (χ3n) is 2.67. The van der Waals surface area contributed by atoms with Crippen LogP contribution >= 0.6 is 0 Å². The van der Waals surface area contributed by atoms with Gasteiger partial charge in [0, 0.05) is 18.5 Å². The predicted molar refractivity (Wildman–Crippen MR) is 60.8 cm³/mol. The van der Waals surface area contributed by atoms with Crippen LogP contribution in [-0.4, -0.2) is 36.0 Å². The molecule has 90 valence electrons. The maximum Gasteiger partial charge on any atom is 0.333 e. The third kappa shape index (κ3) is 3.36. The van der Waals surface area contributed by atoms with Gasteiger partial charge in [-0.05, 0) is 19.8 Å². The molecule has 1 aliphatic rings. The first kappa shape index (κ1) is 12.7. The quantitative estimate of drug-likeness (QED) is 0.526. The van der Waals surface area contributed by atoms with Gasteiger partial charge in [0.1, 0.15) is 6.10 Å². The number of esters is 1. The van der Waals surface area contributed by atoms with Gasteiger partial charge < -0.3 is 9.64 Å². The molecule has 1 atom stereocenters. The van der Waals surface area contributed by atoms with Crippen LogP contribution in [0.4, 0.5) is 0 Å². The topological polar surface area (TPSA) is 46.6 Å². The Kier molecular flexibility index (Phi) is 4.52. The van der Waals surface area contributed by atoms with Gasteiger partial charge in [-0.2, -0.15) is 0 Å². The van der Waals surface area contributed by atoms with E-state index < -0.39 is 0 Å². The van der Waals surface area contributed by atoms with Gasteiger partial charge in [-0.15, -0.1) is 0 Å². The van der Waals surface area contributed by atoms with Crippen LogP contribution in [0.2, 0.25) is 0 Å². The molecule has 0 spiro atoms. The lowest BCUT2D eigenvalue weighted by Crippen LogP contribution is -2.35. The van der Waals surface area contributed by atoms with Gasteiger partial charge in [-0.25, -0.2) is 4.79 Å². The Morgan fingerprint density at radius 1 is 1.62 bits per heavy atom. The number of rotatable bonds is 5. The number of amides is 1. The zero-order chi connectivity index (χ0) is 12.1. The molecule has 4 nitrogen and oxygen atoms in total. The van der Waals surface area contributed by atoms with Crippen molar-refractivity contribution in [3.8, 4) is 0 Å². The first-order valence-corrected chi connectivity index (χ1v) is 5.68. The molecule has 0 aromatic rings. The van der Waals surface area contributed by atoms with Crippen molar-refractivity contribution in [2.24, 2.45) is 0 Å². The highest BCUT2D eigenvalue weighted by atomic mass is 16.5. The fourth-order valence-corrected chi connectivity index (χ4v) is 1.64. The lowest BCUT2D eigenvalue weighted by Gasteiger charge is -2.22. The van der Waals surface area contributed by atoms with E-state index in [1.54, 1.807) is 11.8 Å². The van der Waals surface area contributed by atoms with Gasteiger partial charge >= 0.3 is 5.97 Å². The Morgan fingerprint density at radius 3 is 2.75 bits per heavy atom. The Bertz CT molecular complexity index is 299. The van der Waals surface area contributed by atoms with Crippen LogP contribution in [0.1, 0.15) is 33.1 Å². The van der Waals surface area contributed by atoms with E-state index in [2.05, 4.69) is 6.58 Å². The molecule has 1 rings (SSSR count). The number of carbonyl (C=O) groups excluding carboxylic acids is 2. The van der Waals surface area contributed by atoms with Crippen molar-refractivity contribution in [3.63, 3.8) is 0 Å². The van der Waals surface area contributed by atoms with E-state index in [1.807, 2.05) is 6.92 Å². The third-order valence-corrected chi connectivity index (χ3v) is 2.67. The number of hydrogen-bond donors (Lipinski definition) is 0. The van der Waals surface area contributed by atoms with Crippen molar-refractivity contribution in [1.29, 1.82) is 0 Å². The number of likely N-dealkylation sites (tertiary alicyclic amines) is 1. The Morgan fingerprint density at radius 2 is 2.31 bits per heavy atom. The molecule has 1 amide bonds. The molecule has 16 heavy (non-hydrogen) atoms. The van der Waals surface area contributed by atoms with E-state index >= 15 is 0 Å². The van der Waals surface area contributed by atoms with Gasteiger partial charge in [-0.1, -0.05) is 13.5 Å². The maximum absolute atomic E-state index is 11.4. The van der Waals surface area contributed by atoms with Crippen molar-refractivity contribution in [1.82, 2.24) is 4.90 Å². The molecule has 0 bridgehead atoms. The minimum absolute atomic E-state index is 0.157. The average Bonchev–Trinajstić information content (AvgIpc) is 2.63. The minimum atomic E-state index is -0.376. The molecule has 1 unspecified atom stereocenters. The van der Waals surface area contributed by atoms with E-state index in [4.69, 9.17) is 4.74 Å². The molecule has 0 aliphatic carbocycles. The largest absolute Gasteiger partial charge is 0.457 e. The summed E-state index contributed by atoms with van der Waals surface area (Å²) in [6.45, 7) is 8.38. The van der Waals surface area contributed by atoms with E-state index in [0.29, 0.717) is 25.0 Å². The summed E-state index contributed by atoms with van der Waals surface area (Å²) >= 11 is 0. The van der Waals surface area contributed by atoms with Gasteiger partial charge in [-0.3, -0.25) is 4.79 Å². The Balaban J connectivity index is 2.45. The molecular formula is C12H19NO3. The van der Waals surface area contributed by atoms with Gasteiger partial charge in [0.05, 0.1) is 6.54 Å². The van der Waals surface area contributed by atoms with Crippen LogP contribution in [0.15, 0.2) is 12.2 Å². The van der Waals surface area contributed by atoms with Gasteiger partial charge in [0.2, 0.25) is 5.91 Å². The maximum atomic E-state index is 11.4. The SMILES string of the molecule is C=C(C)C(=O)OC(CC)CN1CCCC1=O. The molecule has 0 aromatic heterocycles. The Hall–Kier alpha value is -1.32. The summed E-state index contributed by atoms with van der Waals surface area (Å²) in [6.07, 6.45) is 2.02. The molecule has 1 fully saturated rings. The van der Waals surface area contributed by atoms with Gasteiger partial charge in [0.15, 0.2) is 0 Å². The molecule has 0 saturated carbocycles. The molecule has 4 heteroatoms. The molecule has 1 aliphatic heterocycles. The first-order valence-electron chi connectivity index (χ1n) is 5.68. The highest BCUT2D eigenvalue weighted by Gasteiger charge is 2.24. The second-order valence-electron chi connectivity index (χ2n) is 4.16. The number of hydrogen-bond acceptors (Lipinski definition) is 3. The number of ether oxygens (including phenoxy) is 1. The predicted octanol–water partition coefficient (Wildman–Crippen LogP) is 1.51. The van der Waals surface area contributed by atoms with Crippen LogP contribution in [0.25, 0.3) is 0 Å². The standard InChI is InChI=1S/C12H19NO3/c1-4-10(16-12(15)9(2)3)8-13-7-5-6-11(13)14/h10H,2,4-8H2,1,3H3. The normalized spacial score (nSPS) is 17.4. The summed E-state index contributed by atoms with van der Waals surface area (Å²) < 4.78 is 5.24. The van der Waals surface area contributed by atoms with Crippen LogP contribution in [0.3, 0.4) is 0 Å². The second-order valence-corrected chi connectivity index (χ2v) is 4.16. The summed E-state index contributed by atoms with van der Waals surface area (Å²) in [6, 6.07) is 0. The Labute approximate surface area is 96.3 Å². The molecular weight excluding hydrogens is 206 g/mol. The van der Waals surface area contributed by atoms with E-state index in [9.17, 15) is 9.59 Å². The number of carbonyl (C=O) groups is 2. The fourth-order valence-electron chi connectivity index (χ4n) is 1.64. The summed E-state index contributed by atoms with van der Waals surface area (Å²) in [5, 5.41) is 0. The smallest absolute Gasteiger partial charge is 0.333 e. The van der Waals surface area contributed by atoms with Crippen molar-refractivity contribution in [2.75, 3.05) is 13.1 Å². The zero-order valence-electron chi connectivity index (χ0n) is 9.99. The van der Waals surface area contributed by atoms with Gasteiger partial charge in [0.25, 0.3) is 0 Å². The first-order chi connectivity index (χ1) is 7.54. The molecule has 1 heterocycles. The number of nitrogens with zero attached hydrogens (tertiary/aromatic N) is 1. The zero-order valence-corrected chi connectivity index (χ0v) is 9.99. The van der Waals surface area contributed by atoms with Crippen LogP contribution in [0, 0.1) is 0 Å². The van der Waals surface area contributed by atoms with Crippen LogP contribution < -0.4 is 0 Å². The molecule has 1 saturated heterocycles. The summed E-state index contributed by atoms with van der Waals surface area (Å²) in [4.78, 5) is 24.5. The van der Waals surface area contributed by atoms with Crippen LogP contribution in [0.5, 0.6) is 0 Å². The second kappa shape index (κ2) is 5.68. The highest BCUT2D eigenvalue weighted by molar-refractivity contribution is 5.87. The summed E-state index contributed by atoms with van der Waals surface area (Å²) in [5.74, 6) is -0.219. The van der Waals surface area contributed by atoms with Crippen molar-refractivity contribution >= 4 is 11.9 Å². The molecule has 0 N–H and O–H groups in total. The highest BCUT2D eigenvalue weighted by Crippen LogP contribution is 2.13. The van der Waals surface area contributed by atoms with E-state index in [-0.39, 0.29) is 18.0 Å². The van der Waals surface area contributed by atoms with E-state index in [0.717, 1.165) is 13.0 Å². The lowest BCUT2D eigenvalue weighted by atomic mass is 10.2. The summed E-state index contributed by atoms with van der Waals surface area (Å²) in [7, 11) is 0. The minimum Gasteiger partial charge on any atom is -0.457 e. The summed E-state index contributed by atoms with van der Waals surface area (Å²) in [5.41, 5.74) is 0.395. The van der Waals surface area contributed by atoms with Crippen molar-refractivity contribution in [2.45, 2.75) is 39.2 Å². The van der Waals surface area contributed by atoms with E-state index in [1.165, 1.54) is 0 Å². The molecule has 0 radical (unpaired) electrons. The fraction of sp³-hybridized carbons (Fsp3) is 0.667. The van der Waals surface area contributed by atoms with Crippen LogP contribution in [-0.2, 0) is 14.3 Å². The average molecular weight is 225 g/mol. The lowest BCUT2D eigenvalue weighted by molar-refractivity contribution is -0.147. The van der Waals surface area contributed by atoms with Crippen molar-refractivity contribution in [3.05, 3.63) is 12.2 Å². The monoisotopic (exact) mass is 225 g/mol. The van der Waals surface area contributed by atoms with Crippen molar-refractivity contribution < 1.29 is 14.3 Å².